The zero-order valence-corrected chi connectivity index (χ0v) is 13.3. The van der Waals surface area contributed by atoms with Crippen molar-refractivity contribution in [2.24, 2.45) is 5.92 Å². The van der Waals surface area contributed by atoms with Gasteiger partial charge in [0, 0.05) is 12.1 Å². The third-order valence-electron chi connectivity index (χ3n) is 3.67. The van der Waals surface area contributed by atoms with Crippen LogP contribution in [0.1, 0.15) is 32.3 Å². The Bertz CT molecular complexity index is 379. The Kier molecular flexibility index (Phi) is 6.84. The molecule has 1 aromatic carbocycles. The van der Waals surface area contributed by atoms with Crippen LogP contribution in [0.3, 0.4) is 0 Å². The molecule has 0 saturated carbocycles. The van der Waals surface area contributed by atoms with Crippen molar-refractivity contribution in [3.8, 4) is 0 Å². The predicted octanol–water partition coefficient (Wildman–Crippen LogP) is 3.92. The van der Waals surface area contributed by atoms with Crippen LogP contribution in [-0.4, -0.2) is 26.3 Å². The lowest BCUT2D eigenvalue weighted by molar-refractivity contribution is 0.0104. The Labute approximate surface area is 122 Å². The summed E-state index contributed by atoms with van der Waals surface area (Å²) in [7, 11) is 3.78. The molecule has 1 N–H and O–H groups in total. The molecule has 3 heteroatoms. The van der Waals surface area contributed by atoms with E-state index < -0.39 is 0 Å². The maximum atomic E-state index is 6.24. The summed E-state index contributed by atoms with van der Waals surface area (Å²) in [5.74, 6) is 0.583. The van der Waals surface area contributed by atoms with Gasteiger partial charge in [0.1, 0.15) is 0 Å². The zero-order valence-electron chi connectivity index (χ0n) is 12.5. The van der Waals surface area contributed by atoms with Crippen LogP contribution in [0.15, 0.2) is 24.3 Å². The van der Waals surface area contributed by atoms with Gasteiger partial charge in [0.15, 0.2) is 0 Å². The summed E-state index contributed by atoms with van der Waals surface area (Å²) >= 11 is 6.24. The van der Waals surface area contributed by atoms with E-state index in [0.717, 1.165) is 30.8 Å². The first-order chi connectivity index (χ1) is 8.98. The van der Waals surface area contributed by atoms with E-state index in [2.05, 4.69) is 31.3 Å². The number of halogens is 1. The molecule has 1 rings (SSSR count). The van der Waals surface area contributed by atoms with Crippen molar-refractivity contribution in [3.63, 3.8) is 0 Å². The van der Waals surface area contributed by atoms with Crippen LogP contribution >= 0.6 is 11.6 Å². The van der Waals surface area contributed by atoms with Gasteiger partial charge in [-0.1, -0.05) is 29.8 Å². The summed E-state index contributed by atoms with van der Waals surface area (Å²) in [5.41, 5.74) is 1.19. The first kappa shape index (κ1) is 16.5. The van der Waals surface area contributed by atoms with Gasteiger partial charge in [0.25, 0.3) is 0 Å². The number of methoxy groups -OCH3 is 1. The summed E-state index contributed by atoms with van der Waals surface area (Å²) in [5, 5.41) is 4.15. The number of benzene rings is 1. The zero-order chi connectivity index (χ0) is 14.3. The van der Waals surface area contributed by atoms with Crippen molar-refractivity contribution in [2.45, 2.75) is 38.7 Å². The molecule has 1 unspecified atom stereocenters. The lowest BCUT2D eigenvalue weighted by Crippen LogP contribution is -2.27. The molecular weight excluding hydrogens is 258 g/mol. The fraction of sp³-hybridized carbons (Fsp3) is 0.625. The van der Waals surface area contributed by atoms with Gasteiger partial charge in [-0.05, 0) is 64.3 Å². The van der Waals surface area contributed by atoms with Crippen molar-refractivity contribution in [2.75, 3.05) is 20.7 Å². The molecule has 0 spiro atoms. The maximum absolute atomic E-state index is 6.24. The van der Waals surface area contributed by atoms with Crippen LogP contribution in [0.2, 0.25) is 5.02 Å². The molecule has 0 bridgehead atoms. The minimum atomic E-state index is -0.0491. The predicted molar refractivity (Wildman–Crippen MR) is 82.9 cm³/mol. The largest absolute Gasteiger partial charge is 0.379 e. The fourth-order valence-corrected chi connectivity index (χ4v) is 2.41. The van der Waals surface area contributed by atoms with E-state index in [-0.39, 0.29) is 5.60 Å². The lowest BCUT2D eigenvalue weighted by Gasteiger charge is -2.26. The fourth-order valence-electron chi connectivity index (χ4n) is 2.19. The van der Waals surface area contributed by atoms with Crippen LogP contribution in [-0.2, 0) is 11.2 Å². The van der Waals surface area contributed by atoms with Crippen LogP contribution in [0, 0.1) is 5.92 Å². The quantitative estimate of drug-likeness (QED) is 0.781. The minimum Gasteiger partial charge on any atom is -0.379 e. The molecule has 19 heavy (non-hydrogen) atoms. The monoisotopic (exact) mass is 283 g/mol. The van der Waals surface area contributed by atoms with Gasteiger partial charge >= 0.3 is 0 Å². The molecule has 0 aliphatic heterocycles. The Morgan fingerprint density at radius 3 is 2.58 bits per heavy atom. The molecule has 0 radical (unpaired) electrons. The minimum absolute atomic E-state index is 0.0491. The summed E-state index contributed by atoms with van der Waals surface area (Å²) in [6.45, 7) is 5.28. The van der Waals surface area contributed by atoms with Gasteiger partial charge < -0.3 is 10.1 Å². The van der Waals surface area contributed by atoms with E-state index in [9.17, 15) is 0 Å². The Morgan fingerprint density at radius 2 is 2.00 bits per heavy atom. The number of ether oxygens (including phenoxy) is 1. The third-order valence-corrected chi connectivity index (χ3v) is 4.04. The standard InChI is InChI=1S/C16H26ClNO/c1-16(2,19-4)10-9-13(12-18-3)11-14-7-5-6-8-15(14)17/h5-8,13,18H,9-12H2,1-4H3. The Hall–Kier alpha value is -0.570. The first-order valence-corrected chi connectivity index (χ1v) is 7.29. The average molecular weight is 284 g/mol. The van der Waals surface area contributed by atoms with E-state index in [1.54, 1.807) is 7.11 Å². The molecule has 0 saturated heterocycles. The highest BCUT2D eigenvalue weighted by Crippen LogP contribution is 2.24. The lowest BCUT2D eigenvalue weighted by atomic mass is 9.90. The van der Waals surface area contributed by atoms with Gasteiger partial charge in [-0.15, -0.1) is 0 Å². The number of hydrogen-bond acceptors (Lipinski definition) is 2. The van der Waals surface area contributed by atoms with Crippen molar-refractivity contribution >= 4 is 11.6 Å². The van der Waals surface area contributed by atoms with Gasteiger partial charge in [0.05, 0.1) is 5.60 Å². The SMILES string of the molecule is CNCC(CCC(C)(C)OC)Cc1ccccc1Cl. The number of hydrogen-bond donors (Lipinski definition) is 1. The molecule has 0 aliphatic carbocycles. The van der Waals surface area contributed by atoms with Gasteiger partial charge in [-0.2, -0.15) is 0 Å². The van der Waals surface area contributed by atoms with E-state index in [1.165, 1.54) is 5.56 Å². The van der Waals surface area contributed by atoms with Gasteiger partial charge in [0.2, 0.25) is 0 Å². The van der Waals surface area contributed by atoms with Crippen LogP contribution in [0.25, 0.3) is 0 Å². The normalized spacial score (nSPS) is 13.5. The molecular formula is C16H26ClNO. The van der Waals surface area contributed by atoms with E-state index in [4.69, 9.17) is 16.3 Å². The second kappa shape index (κ2) is 7.88. The third kappa shape index (κ3) is 5.94. The smallest absolute Gasteiger partial charge is 0.0622 e. The van der Waals surface area contributed by atoms with E-state index >= 15 is 0 Å². The molecule has 0 fully saturated rings. The van der Waals surface area contributed by atoms with Crippen molar-refractivity contribution in [3.05, 3.63) is 34.9 Å². The highest BCUT2D eigenvalue weighted by atomic mass is 35.5. The second-order valence-corrected chi connectivity index (χ2v) is 6.13. The van der Waals surface area contributed by atoms with Crippen molar-refractivity contribution in [1.29, 1.82) is 0 Å². The van der Waals surface area contributed by atoms with E-state index in [0.29, 0.717) is 5.92 Å². The molecule has 1 atom stereocenters. The topological polar surface area (TPSA) is 21.3 Å². The number of nitrogens with one attached hydrogen (secondary N) is 1. The Morgan fingerprint density at radius 1 is 1.32 bits per heavy atom. The van der Waals surface area contributed by atoms with E-state index in [1.807, 2.05) is 19.2 Å². The summed E-state index contributed by atoms with van der Waals surface area (Å²) in [4.78, 5) is 0. The van der Waals surface area contributed by atoms with Crippen LogP contribution < -0.4 is 5.32 Å². The molecule has 1 aromatic rings. The highest BCUT2D eigenvalue weighted by Gasteiger charge is 2.19. The summed E-state index contributed by atoms with van der Waals surface area (Å²) < 4.78 is 5.49. The maximum Gasteiger partial charge on any atom is 0.0622 e. The summed E-state index contributed by atoms with van der Waals surface area (Å²) in [6, 6.07) is 8.11. The second-order valence-electron chi connectivity index (χ2n) is 5.72. The molecule has 108 valence electrons. The number of rotatable bonds is 8. The summed E-state index contributed by atoms with van der Waals surface area (Å²) in [6.07, 6.45) is 3.20. The average Bonchev–Trinajstić information content (AvgIpc) is 2.39. The highest BCUT2D eigenvalue weighted by molar-refractivity contribution is 6.31. The van der Waals surface area contributed by atoms with Crippen LogP contribution in [0.5, 0.6) is 0 Å². The van der Waals surface area contributed by atoms with Crippen molar-refractivity contribution in [1.82, 2.24) is 5.32 Å². The molecule has 0 heterocycles. The van der Waals surface area contributed by atoms with Crippen molar-refractivity contribution < 1.29 is 4.74 Å². The first-order valence-electron chi connectivity index (χ1n) is 6.91. The molecule has 0 aromatic heterocycles. The molecule has 0 aliphatic rings. The van der Waals surface area contributed by atoms with Gasteiger partial charge in [-0.25, -0.2) is 0 Å². The molecule has 2 nitrogen and oxygen atoms in total. The Balaban J connectivity index is 2.60. The van der Waals surface area contributed by atoms with Gasteiger partial charge in [-0.3, -0.25) is 0 Å². The molecule has 0 amide bonds. The van der Waals surface area contributed by atoms with Crippen LogP contribution in [0.4, 0.5) is 0 Å².